The molecule has 0 aliphatic carbocycles. The molecule has 1 fully saturated rings. The van der Waals surface area contributed by atoms with Crippen molar-refractivity contribution in [1.29, 1.82) is 0 Å². The van der Waals surface area contributed by atoms with Gasteiger partial charge in [-0.25, -0.2) is 16.8 Å². The van der Waals surface area contributed by atoms with Crippen molar-refractivity contribution in [2.45, 2.75) is 9.79 Å². The van der Waals surface area contributed by atoms with Crippen LogP contribution in [0, 0.1) is 0 Å². The third-order valence-corrected chi connectivity index (χ3v) is 10.3. The fourth-order valence-electron chi connectivity index (χ4n) is 4.23. The molecule has 0 saturated carbocycles. The van der Waals surface area contributed by atoms with Crippen LogP contribution in [0.5, 0.6) is 17.2 Å². The molecule has 1 heterocycles. The van der Waals surface area contributed by atoms with Gasteiger partial charge in [0.25, 0.3) is 10.0 Å². The smallest absolute Gasteiger partial charge is 0.264 e. The van der Waals surface area contributed by atoms with Crippen molar-refractivity contribution in [2.24, 2.45) is 0 Å². The average molecular weight is 640 g/mol. The van der Waals surface area contributed by atoms with Crippen molar-refractivity contribution in [3.05, 3.63) is 65.7 Å². The van der Waals surface area contributed by atoms with Gasteiger partial charge >= 0.3 is 0 Å². The summed E-state index contributed by atoms with van der Waals surface area (Å²) in [4.78, 5) is 13.2. The number of halogens is 1. The van der Waals surface area contributed by atoms with E-state index in [1.54, 1.807) is 0 Å². The van der Waals surface area contributed by atoms with Crippen molar-refractivity contribution in [2.75, 3.05) is 63.8 Å². The maximum Gasteiger partial charge on any atom is 0.264 e. The van der Waals surface area contributed by atoms with Crippen molar-refractivity contribution in [3.63, 3.8) is 0 Å². The first-order valence-electron chi connectivity index (χ1n) is 12.6. The normalized spacial score (nSPS) is 14.2. The molecule has 226 valence electrons. The molecule has 0 radical (unpaired) electrons. The van der Waals surface area contributed by atoms with Crippen LogP contribution in [0.2, 0.25) is 5.02 Å². The summed E-state index contributed by atoms with van der Waals surface area (Å²) in [6, 6.07) is 14.0. The van der Waals surface area contributed by atoms with Gasteiger partial charge in [0.2, 0.25) is 15.9 Å². The van der Waals surface area contributed by atoms with Crippen molar-refractivity contribution < 1.29 is 40.6 Å². The minimum atomic E-state index is -4.33. The molecule has 3 aromatic carbocycles. The van der Waals surface area contributed by atoms with Crippen LogP contribution in [0.1, 0.15) is 0 Å². The Hall–Kier alpha value is -3.56. The van der Waals surface area contributed by atoms with Crippen LogP contribution in [-0.2, 0) is 29.6 Å². The van der Waals surface area contributed by atoms with E-state index in [2.05, 4.69) is 5.32 Å². The minimum absolute atomic E-state index is 0.0522. The molecular formula is C27H30ClN3O9S2. The number of anilines is 2. The number of nitrogens with one attached hydrogen (secondary N) is 1. The van der Waals surface area contributed by atoms with E-state index in [0.717, 1.165) is 4.31 Å². The van der Waals surface area contributed by atoms with Crippen molar-refractivity contribution in [1.82, 2.24) is 4.31 Å². The van der Waals surface area contributed by atoms with Gasteiger partial charge in [-0.05, 0) is 54.6 Å². The van der Waals surface area contributed by atoms with Crippen LogP contribution in [0.15, 0.2) is 70.5 Å². The number of hydrogen-bond donors (Lipinski definition) is 1. The number of hydrogen-bond acceptors (Lipinski definition) is 9. The standard InChI is InChI=1S/C27H30ClN3O9S2/c1-37-24-10-8-21(41(33,34)30-12-14-40-15-13-30)16-23(24)29-27(32)18-31(20-6-4-19(28)5-7-20)42(35,36)22-9-11-25(38-2)26(17-22)39-3/h4-11,16-17H,12-15,18H2,1-3H3,(H,29,32). The zero-order valence-corrected chi connectivity index (χ0v) is 25.5. The van der Waals surface area contributed by atoms with Crippen LogP contribution in [0.4, 0.5) is 11.4 Å². The number of amides is 1. The summed E-state index contributed by atoms with van der Waals surface area (Å²) in [7, 11) is -4.05. The van der Waals surface area contributed by atoms with Crippen LogP contribution >= 0.6 is 11.6 Å². The molecule has 0 atom stereocenters. The lowest BCUT2D eigenvalue weighted by molar-refractivity contribution is -0.114. The molecule has 15 heteroatoms. The first-order chi connectivity index (χ1) is 20.0. The third kappa shape index (κ3) is 6.73. The molecule has 1 amide bonds. The number of carbonyl (C=O) groups excluding carboxylic acids is 1. The Morgan fingerprint density at radius 1 is 0.857 bits per heavy atom. The van der Waals surface area contributed by atoms with Crippen LogP contribution in [0.25, 0.3) is 0 Å². The van der Waals surface area contributed by atoms with Crippen LogP contribution in [-0.4, -0.2) is 81.2 Å². The fourth-order valence-corrected chi connectivity index (χ4v) is 7.23. The number of rotatable bonds is 11. The summed E-state index contributed by atoms with van der Waals surface area (Å²) < 4.78 is 77.4. The lowest BCUT2D eigenvalue weighted by Crippen LogP contribution is -2.40. The zero-order valence-electron chi connectivity index (χ0n) is 23.1. The second-order valence-electron chi connectivity index (χ2n) is 8.93. The van der Waals surface area contributed by atoms with E-state index >= 15 is 0 Å². The Morgan fingerprint density at radius 3 is 2.07 bits per heavy atom. The monoisotopic (exact) mass is 639 g/mol. The Bertz CT molecular complexity index is 1640. The van der Waals surface area contributed by atoms with Gasteiger partial charge in [-0.3, -0.25) is 9.10 Å². The lowest BCUT2D eigenvalue weighted by Gasteiger charge is -2.26. The zero-order chi connectivity index (χ0) is 30.5. The van der Waals surface area contributed by atoms with Gasteiger partial charge < -0.3 is 24.3 Å². The highest BCUT2D eigenvalue weighted by Crippen LogP contribution is 2.33. The second-order valence-corrected chi connectivity index (χ2v) is 13.2. The molecule has 0 bridgehead atoms. The van der Waals surface area contributed by atoms with E-state index in [4.69, 9.17) is 30.5 Å². The molecule has 1 aliphatic heterocycles. The van der Waals surface area contributed by atoms with E-state index in [-0.39, 0.29) is 59.0 Å². The summed E-state index contributed by atoms with van der Waals surface area (Å²) in [5.74, 6) is -0.0633. The van der Waals surface area contributed by atoms with Gasteiger partial charge in [-0.1, -0.05) is 11.6 Å². The number of ether oxygens (including phenoxy) is 4. The number of morpholine rings is 1. The number of sulfonamides is 2. The van der Waals surface area contributed by atoms with Gasteiger partial charge in [-0.2, -0.15) is 4.31 Å². The van der Waals surface area contributed by atoms with E-state index in [1.807, 2.05) is 0 Å². The quantitative estimate of drug-likeness (QED) is 0.335. The molecule has 1 aliphatic rings. The second kappa shape index (κ2) is 13.2. The molecule has 12 nitrogen and oxygen atoms in total. The van der Waals surface area contributed by atoms with E-state index in [0.29, 0.717) is 10.8 Å². The van der Waals surface area contributed by atoms with E-state index in [9.17, 15) is 21.6 Å². The predicted octanol–water partition coefficient (Wildman–Crippen LogP) is 3.22. The number of methoxy groups -OCH3 is 3. The molecule has 0 spiro atoms. The average Bonchev–Trinajstić information content (AvgIpc) is 3.00. The summed E-state index contributed by atoms with van der Waals surface area (Å²) in [6.45, 7) is 0.268. The van der Waals surface area contributed by atoms with Gasteiger partial charge in [0.15, 0.2) is 11.5 Å². The number of benzene rings is 3. The molecule has 1 N–H and O–H groups in total. The minimum Gasteiger partial charge on any atom is -0.495 e. The fraction of sp³-hybridized carbons (Fsp3) is 0.296. The Labute approximate surface area is 249 Å². The largest absolute Gasteiger partial charge is 0.495 e. The molecule has 1 saturated heterocycles. The van der Waals surface area contributed by atoms with Gasteiger partial charge in [0, 0.05) is 24.2 Å². The summed E-state index contributed by atoms with van der Waals surface area (Å²) in [6.07, 6.45) is 0. The summed E-state index contributed by atoms with van der Waals surface area (Å²) in [5, 5.41) is 2.97. The van der Waals surface area contributed by atoms with E-state index in [1.165, 1.54) is 86.3 Å². The maximum absolute atomic E-state index is 13.9. The highest BCUT2D eigenvalue weighted by Gasteiger charge is 2.30. The Balaban J connectivity index is 1.67. The highest BCUT2D eigenvalue weighted by molar-refractivity contribution is 7.92. The van der Waals surface area contributed by atoms with Gasteiger partial charge in [-0.15, -0.1) is 0 Å². The molecular weight excluding hydrogens is 610 g/mol. The SMILES string of the molecule is COc1ccc(S(=O)(=O)N2CCOCC2)cc1NC(=O)CN(c1ccc(Cl)cc1)S(=O)(=O)c1ccc(OC)c(OC)c1. The third-order valence-electron chi connectivity index (χ3n) is 6.40. The van der Waals surface area contributed by atoms with E-state index < -0.39 is 32.5 Å². The molecule has 0 aromatic heterocycles. The molecule has 3 aromatic rings. The lowest BCUT2D eigenvalue weighted by atomic mass is 10.3. The number of nitrogens with zero attached hydrogens (tertiary/aromatic N) is 2. The van der Waals surface area contributed by atoms with Gasteiger partial charge in [0.1, 0.15) is 12.3 Å². The van der Waals surface area contributed by atoms with Crippen molar-refractivity contribution in [3.8, 4) is 17.2 Å². The summed E-state index contributed by atoms with van der Waals surface area (Å²) >= 11 is 6.02. The highest BCUT2D eigenvalue weighted by atomic mass is 35.5. The van der Waals surface area contributed by atoms with Crippen LogP contribution < -0.4 is 23.8 Å². The molecule has 0 unspecified atom stereocenters. The van der Waals surface area contributed by atoms with Crippen molar-refractivity contribution >= 4 is 48.9 Å². The van der Waals surface area contributed by atoms with Gasteiger partial charge in [0.05, 0.1) is 55.7 Å². The van der Waals surface area contributed by atoms with Crippen LogP contribution in [0.3, 0.4) is 0 Å². The maximum atomic E-state index is 13.9. The first kappa shape index (κ1) is 31.4. The molecule has 42 heavy (non-hydrogen) atoms. The number of carbonyl (C=O) groups is 1. The predicted molar refractivity (Wildman–Crippen MR) is 157 cm³/mol. The summed E-state index contributed by atoms with van der Waals surface area (Å²) in [5.41, 5.74) is 0.219. The first-order valence-corrected chi connectivity index (χ1v) is 15.8. The molecule has 4 rings (SSSR count). The Kier molecular flexibility index (Phi) is 9.84. The topological polar surface area (TPSA) is 141 Å². The Morgan fingerprint density at radius 2 is 1.45 bits per heavy atom.